The SMILES string of the molecule is CCC/C=C/C[C@@H](C=O)[C@@H](CCC(=O)OCC)Nc1ccc(OC)cc1. The van der Waals surface area contributed by atoms with Crippen molar-refractivity contribution in [1.29, 1.82) is 0 Å². The summed E-state index contributed by atoms with van der Waals surface area (Å²) in [5.41, 5.74) is 0.893. The number of rotatable bonds is 13. The van der Waals surface area contributed by atoms with Crippen LogP contribution in [0.2, 0.25) is 0 Å². The number of ether oxygens (including phenoxy) is 2. The van der Waals surface area contributed by atoms with Crippen molar-refractivity contribution in [3.05, 3.63) is 36.4 Å². The molecular formula is C21H31NO4. The Hall–Kier alpha value is -2.30. The first-order valence-corrected chi connectivity index (χ1v) is 9.31. The van der Waals surface area contributed by atoms with Gasteiger partial charge in [0.1, 0.15) is 12.0 Å². The highest BCUT2D eigenvalue weighted by Crippen LogP contribution is 2.21. The number of hydrogen-bond acceptors (Lipinski definition) is 5. The molecule has 1 N–H and O–H groups in total. The molecule has 5 heteroatoms. The van der Waals surface area contributed by atoms with Gasteiger partial charge in [-0.25, -0.2) is 0 Å². The van der Waals surface area contributed by atoms with Gasteiger partial charge in [0.15, 0.2) is 0 Å². The first-order chi connectivity index (χ1) is 12.6. The van der Waals surface area contributed by atoms with Crippen molar-refractivity contribution in [2.75, 3.05) is 19.0 Å². The lowest BCUT2D eigenvalue weighted by atomic mass is 9.93. The summed E-state index contributed by atoms with van der Waals surface area (Å²) in [6, 6.07) is 7.40. The molecule has 1 rings (SSSR count). The summed E-state index contributed by atoms with van der Waals surface area (Å²) in [5, 5.41) is 3.39. The minimum absolute atomic E-state index is 0.142. The minimum atomic E-state index is -0.236. The Labute approximate surface area is 156 Å². The largest absolute Gasteiger partial charge is 0.497 e. The zero-order valence-corrected chi connectivity index (χ0v) is 16.1. The Bertz CT molecular complexity index is 554. The second kappa shape index (κ2) is 13.0. The monoisotopic (exact) mass is 361 g/mol. The van der Waals surface area contributed by atoms with E-state index in [1.165, 1.54) is 0 Å². The Morgan fingerprint density at radius 1 is 1.19 bits per heavy atom. The molecule has 0 radical (unpaired) electrons. The number of hydrogen-bond donors (Lipinski definition) is 1. The summed E-state index contributed by atoms with van der Waals surface area (Å²) in [6.45, 7) is 4.28. The van der Waals surface area contributed by atoms with Crippen LogP contribution in [0.25, 0.3) is 0 Å². The molecule has 0 saturated carbocycles. The molecule has 0 unspecified atom stereocenters. The van der Waals surface area contributed by atoms with Crippen LogP contribution in [0.1, 0.15) is 46.0 Å². The van der Waals surface area contributed by atoms with E-state index in [0.717, 1.165) is 30.6 Å². The molecule has 0 aliphatic heterocycles. The van der Waals surface area contributed by atoms with Gasteiger partial charge in [-0.15, -0.1) is 0 Å². The molecular weight excluding hydrogens is 330 g/mol. The molecule has 0 aliphatic rings. The van der Waals surface area contributed by atoms with E-state index in [4.69, 9.17) is 9.47 Å². The maximum atomic E-state index is 11.7. The van der Waals surface area contributed by atoms with Crippen LogP contribution in [0.3, 0.4) is 0 Å². The topological polar surface area (TPSA) is 64.6 Å². The number of nitrogens with one attached hydrogen (secondary N) is 1. The zero-order chi connectivity index (χ0) is 19.2. The van der Waals surface area contributed by atoms with Crippen molar-refractivity contribution < 1.29 is 19.1 Å². The highest BCUT2D eigenvalue weighted by Gasteiger charge is 2.21. The highest BCUT2D eigenvalue weighted by atomic mass is 16.5. The molecule has 0 amide bonds. The number of anilines is 1. The molecule has 1 aromatic carbocycles. The minimum Gasteiger partial charge on any atom is -0.497 e. The Morgan fingerprint density at radius 3 is 2.50 bits per heavy atom. The fraction of sp³-hybridized carbons (Fsp3) is 0.524. The van der Waals surface area contributed by atoms with E-state index in [9.17, 15) is 9.59 Å². The molecule has 0 aromatic heterocycles. The molecule has 0 aliphatic carbocycles. The van der Waals surface area contributed by atoms with Crippen LogP contribution in [0.15, 0.2) is 36.4 Å². The summed E-state index contributed by atoms with van der Waals surface area (Å²) in [6.07, 6.45) is 8.69. The van der Waals surface area contributed by atoms with Crippen LogP contribution < -0.4 is 10.1 Å². The van der Waals surface area contributed by atoms with Crippen LogP contribution in [-0.2, 0) is 14.3 Å². The molecule has 5 nitrogen and oxygen atoms in total. The molecule has 26 heavy (non-hydrogen) atoms. The van der Waals surface area contributed by atoms with Crippen molar-refractivity contribution in [3.8, 4) is 5.75 Å². The number of unbranched alkanes of at least 4 members (excludes halogenated alkanes) is 1. The fourth-order valence-electron chi connectivity index (χ4n) is 2.65. The van der Waals surface area contributed by atoms with Crippen molar-refractivity contribution in [2.24, 2.45) is 5.92 Å². The second-order valence-electron chi connectivity index (χ2n) is 6.12. The van der Waals surface area contributed by atoms with Gasteiger partial charge in [-0.2, -0.15) is 0 Å². The fourth-order valence-corrected chi connectivity index (χ4v) is 2.65. The van der Waals surface area contributed by atoms with Gasteiger partial charge in [-0.1, -0.05) is 25.5 Å². The van der Waals surface area contributed by atoms with E-state index in [2.05, 4.69) is 24.4 Å². The number of benzene rings is 1. The van der Waals surface area contributed by atoms with E-state index in [1.807, 2.05) is 24.3 Å². The molecule has 0 spiro atoms. The zero-order valence-electron chi connectivity index (χ0n) is 16.1. The van der Waals surface area contributed by atoms with Gasteiger partial charge >= 0.3 is 5.97 Å². The average molecular weight is 361 g/mol. The van der Waals surface area contributed by atoms with E-state index < -0.39 is 0 Å². The molecule has 0 saturated heterocycles. The highest BCUT2D eigenvalue weighted by molar-refractivity contribution is 5.69. The summed E-state index contributed by atoms with van der Waals surface area (Å²) in [5.74, 6) is 0.327. The molecule has 2 atom stereocenters. The normalized spacial score (nSPS) is 13.2. The third-order valence-electron chi connectivity index (χ3n) is 4.13. The van der Waals surface area contributed by atoms with Crippen LogP contribution in [-0.4, -0.2) is 32.0 Å². The van der Waals surface area contributed by atoms with Gasteiger partial charge < -0.3 is 19.6 Å². The smallest absolute Gasteiger partial charge is 0.305 e. The van der Waals surface area contributed by atoms with Crippen molar-refractivity contribution >= 4 is 17.9 Å². The Balaban J connectivity index is 2.80. The Morgan fingerprint density at radius 2 is 1.92 bits per heavy atom. The van der Waals surface area contributed by atoms with Crippen LogP contribution >= 0.6 is 0 Å². The van der Waals surface area contributed by atoms with Crippen LogP contribution in [0, 0.1) is 5.92 Å². The van der Waals surface area contributed by atoms with Crippen molar-refractivity contribution in [1.82, 2.24) is 0 Å². The van der Waals surface area contributed by atoms with Gasteiger partial charge in [0.05, 0.1) is 13.7 Å². The van der Waals surface area contributed by atoms with E-state index in [-0.39, 0.29) is 24.3 Å². The third-order valence-corrected chi connectivity index (χ3v) is 4.13. The summed E-state index contributed by atoms with van der Waals surface area (Å²) >= 11 is 0. The second-order valence-corrected chi connectivity index (χ2v) is 6.12. The lowest BCUT2D eigenvalue weighted by molar-refractivity contribution is -0.143. The molecule has 0 fully saturated rings. The maximum Gasteiger partial charge on any atom is 0.305 e. The lowest BCUT2D eigenvalue weighted by Gasteiger charge is -2.24. The van der Waals surface area contributed by atoms with Gasteiger partial charge in [0, 0.05) is 24.1 Å². The number of aldehydes is 1. The van der Waals surface area contributed by atoms with E-state index in [1.54, 1.807) is 14.0 Å². The number of methoxy groups -OCH3 is 1. The number of carbonyl (C=O) groups is 2. The van der Waals surface area contributed by atoms with E-state index >= 15 is 0 Å². The molecule has 1 aromatic rings. The third kappa shape index (κ3) is 8.19. The predicted octanol–water partition coefficient (Wildman–Crippen LogP) is 4.38. The first kappa shape index (κ1) is 21.7. The predicted molar refractivity (Wildman–Crippen MR) is 104 cm³/mol. The standard InChI is InChI=1S/C21H31NO4/c1-4-6-7-8-9-17(16-23)20(14-15-21(24)26-5-2)22-18-10-12-19(25-3)13-11-18/h7-8,10-13,16-17,20,22H,4-6,9,14-15H2,1-3H3/b8-7+/t17-,20+/m0/s1. The number of esters is 1. The number of allylic oxidation sites excluding steroid dienone is 2. The molecule has 144 valence electrons. The first-order valence-electron chi connectivity index (χ1n) is 9.31. The summed E-state index contributed by atoms with van der Waals surface area (Å²) < 4.78 is 10.2. The molecule has 0 heterocycles. The summed E-state index contributed by atoms with van der Waals surface area (Å²) in [4.78, 5) is 23.4. The Kier molecular flexibility index (Phi) is 10.9. The van der Waals surface area contributed by atoms with Crippen molar-refractivity contribution in [3.63, 3.8) is 0 Å². The van der Waals surface area contributed by atoms with Crippen LogP contribution in [0.5, 0.6) is 5.75 Å². The summed E-state index contributed by atoms with van der Waals surface area (Å²) in [7, 11) is 1.62. The van der Waals surface area contributed by atoms with Crippen LogP contribution in [0.4, 0.5) is 5.69 Å². The van der Waals surface area contributed by atoms with Gasteiger partial charge in [0.25, 0.3) is 0 Å². The van der Waals surface area contributed by atoms with Crippen molar-refractivity contribution in [2.45, 2.75) is 52.0 Å². The van der Waals surface area contributed by atoms with Gasteiger partial charge in [0.2, 0.25) is 0 Å². The number of carbonyl (C=O) groups excluding carboxylic acids is 2. The quantitative estimate of drug-likeness (QED) is 0.321. The van der Waals surface area contributed by atoms with E-state index in [0.29, 0.717) is 19.4 Å². The maximum absolute atomic E-state index is 11.7. The van der Waals surface area contributed by atoms with Gasteiger partial charge in [-0.05, 0) is 50.5 Å². The molecule has 0 bridgehead atoms. The average Bonchev–Trinajstić information content (AvgIpc) is 2.66. The van der Waals surface area contributed by atoms with Gasteiger partial charge in [-0.3, -0.25) is 4.79 Å². The lowest BCUT2D eigenvalue weighted by Crippen LogP contribution is -2.31.